The van der Waals surface area contributed by atoms with Crippen molar-refractivity contribution >= 4 is 16.7 Å². The monoisotopic (exact) mass is 261 g/mol. The maximum atomic E-state index is 11.6. The van der Waals surface area contributed by atoms with E-state index in [1.807, 2.05) is 37.3 Å². The Morgan fingerprint density at radius 3 is 2.50 bits per heavy atom. The SMILES string of the molecule is CCC(=O)c1ccc(-c2ccc3cccnc3c2)cc1. The molecule has 0 fully saturated rings. The molecule has 0 amide bonds. The second-order valence-electron chi connectivity index (χ2n) is 4.76. The van der Waals surface area contributed by atoms with Crippen LogP contribution in [0, 0.1) is 0 Å². The molecule has 2 aromatic carbocycles. The van der Waals surface area contributed by atoms with Crippen molar-refractivity contribution in [2.75, 3.05) is 0 Å². The van der Waals surface area contributed by atoms with E-state index in [4.69, 9.17) is 0 Å². The number of carbonyl (C=O) groups excluding carboxylic acids is 1. The summed E-state index contributed by atoms with van der Waals surface area (Å²) < 4.78 is 0. The van der Waals surface area contributed by atoms with E-state index in [-0.39, 0.29) is 5.78 Å². The van der Waals surface area contributed by atoms with Crippen LogP contribution in [-0.4, -0.2) is 10.8 Å². The number of carbonyl (C=O) groups is 1. The first-order valence-electron chi connectivity index (χ1n) is 6.76. The maximum Gasteiger partial charge on any atom is 0.162 e. The van der Waals surface area contributed by atoms with E-state index >= 15 is 0 Å². The highest BCUT2D eigenvalue weighted by Gasteiger charge is 2.04. The zero-order valence-electron chi connectivity index (χ0n) is 11.3. The van der Waals surface area contributed by atoms with Gasteiger partial charge >= 0.3 is 0 Å². The van der Waals surface area contributed by atoms with Gasteiger partial charge < -0.3 is 0 Å². The number of nitrogens with zero attached hydrogens (tertiary/aromatic N) is 1. The van der Waals surface area contributed by atoms with E-state index in [2.05, 4.69) is 29.2 Å². The summed E-state index contributed by atoms with van der Waals surface area (Å²) in [5.41, 5.74) is 3.98. The third-order valence-corrected chi connectivity index (χ3v) is 3.47. The van der Waals surface area contributed by atoms with Crippen LogP contribution in [-0.2, 0) is 0 Å². The Morgan fingerprint density at radius 1 is 1.00 bits per heavy atom. The van der Waals surface area contributed by atoms with Gasteiger partial charge in [0.25, 0.3) is 0 Å². The summed E-state index contributed by atoms with van der Waals surface area (Å²) >= 11 is 0. The molecule has 0 aliphatic carbocycles. The number of rotatable bonds is 3. The minimum absolute atomic E-state index is 0.178. The predicted octanol–water partition coefficient (Wildman–Crippen LogP) is 4.49. The summed E-state index contributed by atoms with van der Waals surface area (Å²) in [7, 11) is 0. The van der Waals surface area contributed by atoms with Crippen molar-refractivity contribution in [3.8, 4) is 11.1 Å². The second kappa shape index (κ2) is 5.25. The van der Waals surface area contributed by atoms with Gasteiger partial charge in [0, 0.05) is 23.6 Å². The quantitative estimate of drug-likeness (QED) is 0.650. The van der Waals surface area contributed by atoms with Crippen LogP contribution in [0.3, 0.4) is 0 Å². The number of Topliss-reactive ketones (excluding diaryl/α,β-unsaturated/α-hetero) is 1. The smallest absolute Gasteiger partial charge is 0.162 e. The van der Waals surface area contributed by atoms with Crippen molar-refractivity contribution in [1.29, 1.82) is 0 Å². The Hall–Kier alpha value is -2.48. The van der Waals surface area contributed by atoms with E-state index in [1.165, 1.54) is 0 Å². The van der Waals surface area contributed by atoms with Gasteiger partial charge in [-0.15, -0.1) is 0 Å². The maximum absolute atomic E-state index is 11.6. The van der Waals surface area contributed by atoms with Crippen molar-refractivity contribution < 1.29 is 4.79 Å². The van der Waals surface area contributed by atoms with Gasteiger partial charge in [-0.05, 0) is 23.3 Å². The number of benzene rings is 2. The van der Waals surface area contributed by atoms with Crippen molar-refractivity contribution in [2.24, 2.45) is 0 Å². The molecular formula is C18H15NO. The normalized spacial score (nSPS) is 10.7. The highest BCUT2D eigenvalue weighted by molar-refractivity contribution is 5.96. The molecule has 0 radical (unpaired) electrons. The van der Waals surface area contributed by atoms with E-state index < -0.39 is 0 Å². The van der Waals surface area contributed by atoms with Gasteiger partial charge in [0.15, 0.2) is 5.78 Å². The van der Waals surface area contributed by atoms with Crippen LogP contribution in [0.1, 0.15) is 23.7 Å². The molecular weight excluding hydrogens is 246 g/mol. The highest BCUT2D eigenvalue weighted by atomic mass is 16.1. The van der Waals surface area contributed by atoms with Crippen LogP contribution < -0.4 is 0 Å². The number of ketones is 1. The molecule has 98 valence electrons. The predicted molar refractivity (Wildman–Crippen MR) is 81.8 cm³/mol. The molecule has 2 heteroatoms. The number of hydrogen-bond donors (Lipinski definition) is 0. The first-order valence-corrected chi connectivity index (χ1v) is 6.76. The molecule has 0 atom stereocenters. The first kappa shape index (κ1) is 12.5. The molecule has 3 rings (SSSR count). The molecule has 0 saturated carbocycles. The molecule has 2 nitrogen and oxygen atoms in total. The van der Waals surface area contributed by atoms with Crippen molar-refractivity contribution in [2.45, 2.75) is 13.3 Å². The van der Waals surface area contributed by atoms with Crippen LogP contribution in [0.25, 0.3) is 22.0 Å². The van der Waals surface area contributed by atoms with Gasteiger partial charge in [0.1, 0.15) is 0 Å². The summed E-state index contributed by atoms with van der Waals surface area (Å²) in [5.74, 6) is 0.178. The number of fused-ring (bicyclic) bond motifs is 1. The van der Waals surface area contributed by atoms with Gasteiger partial charge in [-0.2, -0.15) is 0 Å². The lowest BCUT2D eigenvalue weighted by Crippen LogP contribution is -1.95. The molecule has 0 spiro atoms. The molecule has 0 saturated heterocycles. The number of hydrogen-bond acceptors (Lipinski definition) is 2. The number of pyridine rings is 1. The molecule has 3 aromatic rings. The Balaban J connectivity index is 2.00. The van der Waals surface area contributed by atoms with Gasteiger partial charge in [0.2, 0.25) is 0 Å². The molecule has 0 N–H and O–H groups in total. The van der Waals surface area contributed by atoms with Gasteiger partial charge in [-0.25, -0.2) is 0 Å². The minimum Gasteiger partial charge on any atom is -0.294 e. The van der Waals surface area contributed by atoms with Crippen LogP contribution >= 0.6 is 0 Å². The zero-order valence-corrected chi connectivity index (χ0v) is 11.3. The minimum atomic E-state index is 0.178. The van der Waals surface area contributed by atoms with E-state index in [9.17, 15) is 4.79 Å². The Labute approximate surface area is 118 Å². The van der Waals surface area contributed by atoms with E-state index in [1.54, 1.807) is 6.20 Å². The Kier molecular flexibility index (Phi) is 3.30. The fourth-order valence-electron chi connectivity index (χ4n) is 2.30. The standard InChI is InChI=1S/C18H15NO/c1-2-18(20)15-8-5-13(6-9-15)16-10-7-14-4-3-11-19-17(14)12-16/h3-12H,2H2,1H3. The summed E-state index contributed by atoms with van der Waals surface area (Å²) in [5, 5.41) is 1.13. The molecule has 1 heterocycles. The van der Waals surface area contributed by atoms with Crippen LogP contribution in [0.15, 0.2) is 60.8 Å². The lowest BCUT2D eigenvalue weighted by Gasteiger charge is -2.05. The molecule has 0 aliphatic heterocycles. The molecule has 0 unspecified atom stereocenters. The Morgan fingerprint density at radius 2 is 1.75 bits per heavy atom. The van der Waals surface area contributed by atoms with Gasteiger partial charge in [0.05, 0.1) is 5.52 Å². The lowest BCUT2D eigenvalue weighted by molar-refractivity contribution is 0.0988. The zero-order chi connectivity index (χ0) is 13.9. The fourth-order valence-corrected chi connectivity index (χ4v) is 2.30. The average Bonchev–Trinajstić information content (AvgIpc) is 2.54. The fraction of sp³-hybridized carbons (Fsp3) is 0.111. The summed E-state index contributed by atoms with van der Waals surface area (Å²) in [6, 6.07) is 18.0. The lowest BCUT2D eigenvalue weighted by atomic mass is 10.0. The number of aromatic nitrogens is 1. The summed E-state index contributed by atoms with van der Waals surface area (Å²) in [6.07, 6.45) is 2.34. The van der Waals surface area contributed by atoms with E-state index in [0.29, 0.717) is 6.42 Å². The summed E-state index contributed by atoms with van der Waals surface area (Å²) in [4.78, 5) is 16.0. The summed E-state index contributed by atoms with van der Waals surface area (Å²) in [6.45, 7) is 1.88. The third-order valence-electron chi connectivity index (χ3n) is 3.47. The van der Waals surface area contributed by atoms with Crippen molar-refractivity contribution in [3.63, 3.8) is 0 Å². The van der Waals surface area contributed by atoms with Crippen LogP contribution in [0.5, 0.6) is 0 Å². The van der Waals surface area contributed by atoms with Crippen molar-refractivity contribution in [1.82, 2.24) is 4.98 Å². The molecule has 0 bridgehead atoms. The average molecular weight is 261 g/mol. The van der Waals surface area contributed by atoms with Crippen LogP contribution in [0.4, 0.5) is 0 Å². The molecule has 1 aromatic heterocycles. The second-order valence-corrected chi connectivity index (χ2v) is 4.76. The molecule has 0 aliphatic rings. The third kappa shape index (κ3) is 2.32. The van der Waals surface area contributed by atoms with E-state index in [0.717, 1.165) is 27.6 Å². The largest absolute Gasteiger partial charge is 0.294 e. The Bertz CT molecular complexity index is 760. The topological polar surface area (TPSA) is 30.0 Å². The van der Waals surface area contributed by atoms with Crippen LogP contribution in [0.2, 0.25) is 0 Å². The molecule has 20 heavy (non-hydrogen) atoms. The highest BCUT2D eigenvalue weighted by Crippen LogP contribution is 2.23. The van der Waals surface area contributed by atoms with Gasteiger partial charge in [-0.1, -0.05) is 49.4 Å². The van der Waals surface area contributed by atoms with Crippen molar-refractivity contribution in [3.05, 3.63) is 66.4 Å². The van der Waals surface area contributed by atoms with Gasteiger partial charge in [-0.3, -0.25) is 9.78 Å². The first-order chi connectivity index (χ1) is 9.78.